The van der Waals surface area contributed by atoms with E-state index in [1.54, 1.807) is 42.6 Å². The molecule has 2 aromatic rings. The van der Waals surface area contributed by atoms with Gasteiger partial charge >= 0.3 is 0 Å². The van der Waals surface area contributed by atoms with Crippen LogP contribution >= 0.6 is 22.9 Å². The Balaban J connectivity index is 1.63. The van der Waals surface area contributed by atoms with Gasteiger partial charge in [-0.05, 0) is 48.9 Å². The smallest absolute Gasteiger partial charge is 0.264 e. The zero-order valence-electron chi connectivity index (χ0n) is 14.3. The molecule has 1 aromatic heterocycles. The number of fused-ring (bicyclic) bond motifs is 1. The molecule has 0 bridgehead atoms. The Hall–Kier alpha value is -1.85. The fourth-order valence-electron chi connectivity index (χ4n) is 3.04. The number of carbonyl (C=O) groups is 2. The number of nitrogens with one attached hydrogen (secondary N) is 1. The topological polar surface area (TPSA) is 49.4 Å². The summed E-state index contributed by atoms with van der Waals surface area (Å²) >= 11 is 7.60. The van der Waals surface area contributed by atoms with Crippen molar-refractivity contribution in [2.45, 2.75) is 26.2 Å². The van der Waals surface area contributed by atoms with Gasteiger partial charge in [0, 0.05) is 11.9 Å². The Morgan fingerprint density at radius 2 is 2.12 bits per heavy atom. The fraction of sp³-hybridized carbons (Fsp3) is 0.368. The first-order valence-electron chi connectivity index (χ1n) is 8.35. The third kappa shape index (κ3) is 4.22. The number of hydrogen-bond acceptors (Lipinski definition) is 3. The minimum absolute atomic E-state index is 0.0109. The average molecular weight is 377 g/mol. The molecule has 132 valence electrons. The number of likely N-dealkylation sites (N-methyl/N-ethyl adjacent to an activating group) is 1. The molecule has 0 unspecified atom stereocenters. The number of halogens is 1. The quantitative estimate of drug-likeness (QED) is 0.867. The number of hydrogen-bond donors (Lipinski definition) is 1. The van der Waals surface area contributed by atoms with Crippen LogP contribution in [-0.4, -0.2) is 30.3 Å². The van der Waals surface area contributed by atoms with Gasteiger partial charge in [0.15, 0.2) is 0 Å². The van der Waals surface area contributed by atoms with E-state index in [0.717, 1.165) is 12.8 Å². The zero-order chi connectivity index (χ0) is 18.0. The van der Waals surface area contributed by atoms with E-state index in [9.17, 15) is 9.59 Å². The van der Waals surface area contributed by atoms with Crippen LogP contribution in [-0.2, 0) is 17.6 Å². The highest BCUT2D eigenvalue weighted by Crippen LogP contribution is 2.32. The molecule has 0 saturated carbocycles. The lowest BCUT2D eigenvalue weighted by atomic mass is 9.90. The van der Waals surface area contributed by atoms with E-state index in [1.165, 1.54) is 21.8 Å². The second-order valence-corrected chi connectivity index (χ2v) is 8.14. The Labute approximate surface area is 156 Å². The summed E-state index contributed by atoms with van der Waals surface area (Å²) in [5.41, 5.74) is 1.84. The van der Waals surface area contributed by atoms with Gasteiger partial charge in [-0.2, -0.15) is 0 Å². The summed E-state index contributed by atoms with van der Waals surface area (Å²) in [6, 6.07) is 9.04. The molecule has 6 heteroatoms. The van der Waals surface area contributed by atoms with Crippen LogP contribution in [0.15, 0.2) is 30.3 Å². The average Bonchev–Trinajstić information content (AvgIpc) is 2.99. The predicted octanol–water partition coefficient (Wildman–Crippen LogP) is 4.24. The molecule has 1 aliphatic rings. The lowest BCUT2D eigenvalue weighted by Gasteiger charge is -2.16. The minimum atomic E-state index is -0.265. The van der Waals surface area contributed by atoms with Crippen LogP contribution in [0, 0.1) is 5.92 Å². The van der Waals surface area contributed by atoms with Gasteiger partial charge in [-0.25, -0.2) is 0 Å². The molecule has 1 N–H and O–H groups in total. The van der Waals surface area contributed by atoms with Crippen molar-refractivity contribution in [3.8, 4) is 0 Å². The van der Waals surface area contributed by atoms with Crippen LogP contribution in [0.1, 0.15) is 33.5 Å². The maximum Gasteiger partial charge on any atom is 0.264 e. The molecule has 3 rings (SSSR count). The first-order chi connectivity index (χ1) is 11.9. The number of carbonyl (C=O) groups excluding carboxylic acids is 2. The van der Waals surface area contributed by atoms with Crippen LogP contribution in [0.4, 0.5) is 5.69 Å². The fourth-order valence-corrected chi connectivity index (χ4v) is 4.42. The van der Waals surface area contributed by atoms with Gasteiger partial charge in [-0.3, -0.25) is 9.59 Å². The summed E-state index contributed by atoms with van der Waals surface area (Å²) in [5.74, 6) is 0.296. The van der Waals surface area contributed by atoms with E-state index >= 15 is 0 Å². The lowest BCUT2D eigenvalue weighted by Crippen LogP contribution is -2.34. The molecule has 0 radical (unpaired) electrons. The van der Waals surface area contributed by atoms with Crippen molar-refractivity contribution in [1.29, 1.82) is 0 Å². The Kier molecular flexibility index (Phi) is 5.45. The van der Waals surface area contributed by atoms with E-state index in [0.29, 0.717) is 21.5 Å². The Morgan fingerprint density at radius 1 is 1.36 bits per heavy atom. The number of nitrogens with zero attached hydrogens (tertiary/aromatic N) is 1. The highest BCUT2D eigenvalue weighted by molar-refractivity contribution is 7.14. The summed E-state index contributed by atoms with van der Waals surface area (Å²) in [4.78, 5) is 28.3. The molecular formula is C19H21ClN2O2S. The normalized spacial score (nSPS) is 16.2. The van der Waals surface area contributed by atoms with Gasteiger partial charge < -0.3 is 10.2 Å². The summed E-state index contributed by atoms with van der Waals surface area (Å²) in [5, 5.41) is 3.22. The summed E-state index contributed by atoms with van der Waals surface area (Å²) in [6.07, 6.45) is 3.26. The van der Waals surface area contributed by atoms with Crippen molar-refractivity contribution >= 4 is 40.4 Å². The Bertz CT molecular complexity index is 802. The molecule has 4 nitrogen and oxygen atoms in total. The summed E-state index contributed by atoms with van der Waals surface area (Å²) < 4.78 is 0. The first kappa shape index (κ1) is 18.0. The molecule has 1 aromatic carbocycles. The van der Waals surface area contributed by atoms with E-state index in [2.05, 4.69) is 12.2 Å². The van der Waals surface area contributed by atoms with Crippen molar-refractivity contribution in [2.75, 3.05) is 18.9 Å². The van der Waals surface area contributed by atoms with Crippen molar-refractivity contribution in [3.63, 3.8) is 0 Å². The molecule has 1 aliphatic carbocycles. The van der Waals surface area contributed by atoms with Gasteiger partial charge in [-0.15, -0.1) is 11.3 Å². The monoisotopic (exact) mass is 376 g/mol. The standard InChI is InChI=1S/C19H21ClN2O2S/c1-12-7-8-16-13(9-12)10-17(25-16)19(24)22(2)11-18(23)21-15-6-4-3-5-14(15)20/h3-6,10,12H,7-9,11H2,1-2H3,(H,21,23)/t12-/m0/s1. The maximum atomic E-state index is 12.6. The van der Waals surface area contributed by atoms with E-state index in [4.69, 9.17) is 11.6 Å². The molecule has 2 amide bonds. The zero-order valence-corrected chi connectivity index (χ0v) is 15.9. The molecule has 0 aliphatic heterocycles. The van der Waals surface area contributed by atoms with Gasteiger partial charge in [0.2, 0.25) is 5.91 Å². The first-order valence-corrected chi connectivity index (χ1v) is 9.55. The number of amides is 2. The number of aryl methyl sites for hydroxylation is 1. The Morgan fingerprint density at radius 3 is 2.88 bits per heavy atom. The van der Waals surface area contributed by atoms with Crippen LogP contribution in [0.25, 0.3) is 0 Å². The van der Waals surface area contributed by atoms with Gasteiger partial charge in [0.1, 0.15) is 0 Å². The van der Waals surface area contributed by atoms with Gasteiger partial charge in [-0.1, -0.05) is 30.7 Å². The predicted molar refractivity (Wildman–Crippen MR) is 103 cm³/mol. The molecule has 0 spiro atoms. The van der Waals surface area contributed by atoms with Crippen LogP contribution in [0.3, 0.4) is 0 Å². The van der Waals surface area contributed by atoms with Crippen molar-refractivity contribution in [2.24, 2.45) is 5.92 Å². The third-order valence-corrected chi connectivity index (χ3v) is 5.97. The number of anilines is 1. The summed E-state index contributed by atoms with van der Waals surface area (Å²) in [7, 11) is 1.65. The lowest BCUT2D eigenvalue weighted by molar-refractivity contribution is -0.116. The van der Waals surface area contributed by atoms with E-state index < -0.39 is 0 Å². The second-order valence-electron chi connectivity index (χ2n) is 6.60. The number of thiophene rings is 1. The number of benzene rings is 1. The van der Waals surface area contributed by atoms with Gasteiger partial charge in [0.25, 0.3) is 5.91 Å². The SMILES string of the molecule is C[C@H]1CCc2sc(C(=O)N(C)CC(=O)Nc3ccccc3Cl)cc2C1. The second kappa shape index (κ2) is 7.58. The molecule has 1 heterocycles. The van der Waals surface area contributed by atoms with E-state index in [-0.39, 0.29) is 18.4 Å². The highest BCUT2D eigenvalue weighted by Gasteiger charge is 2.23. The van der Waals surface area contributed by atoms with Crippen LogP contribution in [0.5, 0.6) is 0 Å². The molecule has 0 fully saturated rings. The summed E-state index contributed by atoms with van der Waals surface area (Å²) in [6.45, 7) is 2.23. The van der Waals surface area contributed by atoms with Crippen molar-refractivity contribution in [3.05, 3.63) is 50.7 Å². The minimum Gasteiger partial charge on any atom is -0.332 e. The number of para-hydroxylation sites is 1. The highest BCUT2D eigenvalue weighted by atomic mass is 35.5. The number of rotatable bonds is 4. The third-order valence-electron chi connectivity index (χ3n) is 4.42. The largest absolute Gasteiger partial charge is 0.332 e. The van der Waals surface area contributed by atoms with Gasteiger partial charge in [0.05, 0.1) is 22.1 Å². The molecule has 25 heavy (non-hydrogen) atoms. The maximum absolute atomic E-state index is 12.6. The molecule has 1 atom stereocenters. The van der Waals surface area contributed by atoms with Crippen LogP contribution in [0.2, 0.25) is 5.02 Å². The van der Waals surface area contributed by atoms with Crippen molar-refractivity contribution < 1.29 is 9.59 Å². The molecule has 0 saturated heterocycles. The van der Waals surface area contributed by atoms with Crippen LogP contribution < -0.4 is 5.32 Å². The van der Waals surface area contributed by atoms with E-state index in [1.807, 2.05) is 6.07 Å². The van der Waals surface area contributed by atoms with Crippen molar-refractivity contribution in [1.82, 2.24) is 4.90 Å². The molecular weight excluding hydrogens is 356 g/mol.